The van der Waals surface area contributed by atoms with Gasteiger partial charge in [0, 0.05) is 31.7 Å². The van der Waals surface area contributed by atoms with E-state index in [4.69, 9.17) is 16.3 Å². The number of hydrogen-bond acceptors (Lipinski definition) is 2. The molecule has 3 nitrogen and oxygen atoms in total. The lowest BCUT2D eigenvalue weighted by Gasteiger charge is -2.06. The van der Waals surface area contributed by atoms with Crippen molar-refractivity contribution in [1.82, 2.24) is 5.32 Å². The summed E-state index contributed by atoms with van der Waals surface area (Å²) in [7, 11) is 1.70. The van der Waals surface area contributed by atoms with Crippen LogP contribution < -0.4 is 5.32 Å². The maximum atomic E-state index is 11.8. The van der Waals surface area contributed by atoms with E-state index in [-0.39, 0.29) is 5.91 Å². The fourth-order valence-corrected chi connectivity index (χ4v) is 1.81. The Morgan fingerprint density at radius 1 is 1.33 bits per heavy atom. The van der Waals surface area contributed by atoms with Crippen molar-refractivity contribution in [3.63, 3.8) is 0 Å². The summed E-state index contributed by atoms with van der Waals surface area (Å²) in [5, 5.41) is 2.90. The van der Waals surface area contributed by atoms with Crippen LogP contribution in [0.2, 0.25) is 0 Å². The normalized spacial score (nSPS) is 10.3. The molecule has 4 heteroatoms. The third-order valence-electron chi connectivity index (χ3n) is 2.65. The Balaban J connectivity index is 2.27. The highest BCUT2D eigenvalue weighted by atomic mass is 35.5. The van der Waals surface area contributed by atoms with E-state index in [9.17, 15) is 4.79 Å². The Kier molecular flexibility index (Phi) is 7.46. The molecule has 1 amide bonds. The predicted octanol–water partition coefficient (Wildman–Crippen LogP) is 2.97. The highest BCUT2D eigenvalue weighted by Crippen LogP contribution is 2.07. The van der Waals surface area contributed by atoms with Crippen LogP contribution in [-0.4, -0.2) is 26.2 Å². The van der Waals surface area contributed by atoms with Gasteiger partial charge in [-0.3, -0.25) is 4.79 Å². The zero-order valence-electron chi connectivity index (χ0n) is 10.7. The summed E-state index contributed by atoms with van der Waals surface area (Å²) >= 11 is 5.74. The first-order valence-electron chi connectivity index (χ1n) is 6.20. The van der Waals surface area contributed by atoms with E-state index in [1.54, 1.807) is 13.2 Å². The van der Waals surface area contributed by atoms with Gasteiger partial charge in [-0.1, -0.05) is 12.1 Å². The van der Waals surface area contributed by atoms with Crippen LogP contribution in [0, 0.1) is 0 Å². The SMILES string of the molecule is COCCCCCNC(=O)c1cccc(CCl)c1. The molecule has 0 aromatic heterocycles. The zero-order chi connectivity index (χ0) is 13.2. The number of nitrogens with one attached hydrogen (secondary N) is 1. The Morgan fingerprint density at radius 3 is 2.89 bits per heavy atom. The molecule has 0 saturated heterocycles. The minimum atomic E-state index is -0.0336. The number of carbonyl (C=O) groups is 1. The second kappa shape index (κ2) is 8.95. The van der Waals surface area contributed by atoms with Gasteiger partial charge in [0.15, 0.2) is 0 Å². The van der Waals surface area contributed by atoms with E-state index in [1.807, 2.05) is 18.2 Å². The highest BCUT2D eigenvalue weighted by Gasteiger charge is 2.04. The number of unbranched alkanes of at least 4 members (excludes halogenated alkanes) is 2. The summed E-state index contributed by atoms with van der Waals surface area (Å²) in [4.78, 5) is 11.8. The van der Waals surface area contributed by atoms with Crippen LogP contribution in [0.15, 0.2) is 24.3 Å². The molecular weight excluding hydrogens is 250 g/mol. The van der Waals surface area contributed by atoms with Crippen LogP contribution >= 0.6 is 11.6 Å². The molecule has 0 aliphatic heterocycles. The predicted molar refractivity (Wildman–Crippen MR) is 74.1 cm³/mol. The first-order chi connectivity index (χ1) is 8.77. The summed E-state index contributed by atoms with van der Waals surface area (Å²) in [6.07, 6.45) is 3.08. The third kappa shape index (κ3) is 5.52. The number of alkyl halides is 1. The number of halogens is 1. The largest absolute Gasteiger partial charge is 0.385 e. The summed E-state index contributed by atoms with van der Waals surface area (Å²) in [6.45, 7) is 1.49. The average Bonchev–Trinajstić information content (AvgIpc) is 2.42. The molecule has 0 spiro atoms. The molecule has 1 aromatic rings. The van der Waals surface area contributed by atoms with Crippen LogP contribution in [-0.2, 0) is 10.6 Å². The van der Waals surface area contributed by atoms with E-state index in [0.29, 0.717) is 18.0 Å². The van der Waals surface area contributed by atoms with E-state index in [1.165, 1.54) is 0 Å². The molecule has 0 radical (unpaired) electrons. The van der Waals surface area contributed by atoms with Gasteiger partial charge in [0.05, 0.1) is 0 Å². The molecule has 0 unspecified atom stereocenters. The smallest absolute Gasteiger partial charge is 0.251 e. The van der Waals surface area contributed by atoms with Gasteiger partial charge in [-0.15, -0.1) is 11.6 Å². The van der Waals surface area contributed by atoms with Gasteiger partial charge in [-0.25, -0.2) is 0 Å². The number of ether oxygens (including phenoxy) is 1. The fourth-order valence-electron chi connectivity index (χ4n) is 1.65. The Bertz CT molecular complexity index is 369. The summed E-state index contributed by atoms with van der Waals surface area (Å²) in [5.74, 6) is 0.395. The van der Waals surface area contributed by atoms with Gasteiger partial charge in [0.1, 0.15) is 0 Å². The molecule has 0 saturated carbocycles. The number of hydrogen-bond donors (Lipinski definition) is 1. The van der Waals surface area contributed by atoms with Crippen molar-refractivity contribution in [2.45, 2.75) is 25.1 Å². The summed E-state index contributed by atoms with van der Waals surface area (Å²) < 4.78 is 4.96. The Morgan fingerprint density at radius 2 is 2.17 bits per heavy atom. The van der Waals surface area contributed by atoms with Gasteiger partial charge in [0.25, 0.3) is 5.91 Å². The molecule has 0 aliphatic carbocycles. The van der Waals surface area contributed by atoms with Crippen molar-refractivity contribution in [2.24, 2.45) is 0 Å². The number of amides is 1. The molecule has 1 N–H and O–H groups in total. The first-order valence-corrected chi connectivity index (χ1v) is 6.73. The second-order valence-electron chi connectivity index (χ2n) is 4.14. The van der Waals surface area contributed by atoms with E-state index < -0.39 is 0 Å². The number of carbonyl (C=O) groups excluding carboxylic acids is 1. The molecule has 1 aromatic carbocycles. The van der Waals surface area contributed by atoms with Crippen LogP contribution in [0.4, 0.5) is 0 Å². The molecular formula is C14H20ClNO2. The lowest BCUT2D eigenvalue weighted by Crippen LogP contribution is -2.24. The van der Waals surface area contributed by atoms with Crippen molar-refractivity contribution in [2.75, 3.05) is 20.3 Å². The lowest BCUT2D eigenvalue weighted by atomic mass is 10.1. The molecule has 0 heterocycles. The van der Waals surface area contributed by atoms with Crippen LogP contribution in [0.3, 0.4) is 0 Å². The molecule has 0 aliphatic rings. The van der Waals surface area contributed by atoms with Gasteiger partial charge >= 0.3 is 0 Å². The van der Waals surface area contributed by atoms with Gasteiger partial charge in [-0.05, 0) is 37.0 Å². The van der Waals surface area contributed by atoms with E-state index in [0.717, 1.165) is 31.4 Å². The molecule has 0 fully saturated rings. The lowest BCUT2D eigenvalue weighted by molar-refractivity contribution is 0.0952. The number of methoxy groups -OCH3 is 1. The standard InChI is InChI=1S/C14H20ClNO2/c1-18-9-4-2-3-8-16-14(17)13-7-5-6-12(10-13)11-15/h5-7,10H,2-4,8-9,11H2,1H3,(H,16,17). The van der Waals surface area contributed by atoms with Gasteiger partial charge in [0.2, 0.25) is 0 Å². The van der Waals surface area contributed by atoms with Crippen LogP contribution in [0.1, 0.15) is 35.2 Å². The van der Waals surface area contributed by atoms with Crippen molar-refractivity contribution in [3.05, 3.63) is 35.4 Å². The fraction of sp³-hybridized carbons (Fsp3) is 0.500. The monoisotopic (exact) mass is 269 g/mol. The maximum Gasteiger partial charge on any atom is 0.251 e. The molecule has 18 heavy (non-hydrogen) atoms. The molecule has 0 atom stereocenters. The Labute approximate surface area is 113 Å². The molecule has 0 bridgehead atoms. The number of benzene rings is 1. The van der Waals surface area contributed by atoms with Crippen LogP contribution in [0.5, 0.6) is 0 Å². The highest BCUT2D eigenvalue weighted by molar-refractivity contribution is 6.17. The first kappa shape index (κ1) is 15.0. The summed E-state index contributed by atoms with van der Waals surface area (Å²) in [5.41, 5.74) is 1.63. The van der Waals surface area contributed by atoms with E-state index >= 15 is 0 Å². The zero-order valence-corrected chi connectivity index (χ0v) is 11.5. The van der Waals surface area contributed by atoms with Crippen LogP contribution in [0.25, 0.3) is 0 Å². The third-order valence-corrected chi connectivity index (χ3v) is 2.96. The van der Waals surface area contributed by atoms with E-state index in [2.05, 4.69) is 5.32 Å². The number of rotatable bonds is 8. The minimum Gasteiger partial charge on any atom is -0.385 e. The topological polar surface area (TPSA) is 38.3 Å². The quantitative estimate of drug-likeness (QED) is 0.582. The van der Waals surface area contributed by atoms with Gasteiger partial charge < -0.3 is 10.1 Å². The Hall–Kier alpha value is -1.06. The van der Waals surface area contributed by atoms with Crippen molar-refractivity contribution in [3.8, 4) is 0 Å². The summed E-state index contributed by atoms with van der Waals surface area (Å²) in [6, 6.07) is 7.39. The maximum absolute atomic E-state index is 11.8. The average molecular weight is 270 g/mol. The van der Waals surface area contributed by atoms with Crippen molar-refractivity contribution in [1.29, 1.82) is 0 Å². The van der Waals surface area contributed by atoms with Crippen molar-refractivity contribution >= 4 is 17.5 Å². The minimum absolute atomic E-state index is 0.0336. The van der Waals surface area contributed by atoms with Gasteiger partial charge in [-0.2, -0.15) is 0 Å². The molecule has 1 rings (SSSR count). The molecule has 100 valence electrons. The second-order valence-corrected chi connectivity index (χ2v) is 4.41. The van der Waals surface area contributed by atoms with Crippen molar-refractivity contribution < 1.29 is 9.53 Å².